The summed E-state index contributed by atoms with van der Waals surface area (Å²) < 4.78 is 5.83. The number of rotatable bonds is 6. The van der Waals surface area contributed by atoms with Gasteiger partial charge in [-0.2, -0.15) is 0 Å². The van der Waals surface area contributed by atoms with Crippen molar-refractivity contribution in [2.45, 2.75) is 58.8 Å². The normalized spacial score (nSPS) is 20.9. The predicted molar refractivity (Wildman–Crippen MR) is 115 cm³/mol. The van der Waals surface area contributed by atoms with Gasteiger partial charge in [0.05, 0.1) is 24.3 Å². The Morgan fingerprint density at radius 2 is 1.89 bits per heavy atom. The van der Waals surface area contributed by atoms with E-state index in [0.29, 0.717) is 13.0 Å². The summed E-state index contributed by atoms with van der Waals surface area (Å²) in [4.78, 5) is 19.5. The maximum Gasteiger partial charge on any atom is 0.226 e. The Morgan fingerprint density at radius 3 is 2.54 bits per heavy atom. The molecule has 6 heteroatoms. The fraction of sp³-hybridized carbons (Fsp3) is 0.545. The summed E-state index contributed by atoms with van der Waals surface area (Å²) in [6, 6.07) is 8.31. The van der Waals surface area contributed by atoms with Gasteiger partial charge >= 0.3 is 0 Å². The van der Waals surface area contributed by atoms with E-state index in [1.54, 1.807) is 11.3 Å². The molecule has 1 aliphatic rings. The van der Waals surface area contributed by atoms with Gasteiger partial charge < -0.3 is 10.1 Å². The Labute approximate surface area is 172 Å². The van der Waals surface area contributed by atoms with Gasteiger partial charge in [-0.3, -0.25) is 9.69 Å². The molecule has 2 aromatic rings. The number of carbonyl (C=O) groups is 1. The number of ether oxygens (including phenoxy) is 1. The maximum absolute atomic E-state index is 12.5. The van der Waals surface area contributed by atoms with Crippen molar-refractivity contribution in [2.75, 3.05) is 19.6 Å². The van der Waals surface area contributed by atoms with Crippen LogP contribution in [0.2, 0.25) is 0 Å². The quantitative estimate of drug-likeness (QED) is 0.803. The van der Waals surface area contributed by atoms with Crippen LogP contribution < -0.4 is 5.32 Å². The first-order valence-corrected chi connectivity index (χ1v) is 10.8. The molecule has 152 valence electrons. The zero-order chi connectivity index (χ0) is 20.3. The highest BCUT2D eigenvalue weighted by atomic mass is 32.1. The van der Waals surface area contributed by atoms with Crippen LogP contribution in [0.4, 0.5) is 0 Å². The number of nitrogens with zero attached hydrogens (tertiary/aromatic N) is 2. The fourth-order valence-electron chi connectivity index (χ4n) is 3.54. The van der Waals surface area contributed by atoms with E-state index in [9.17, 15) is 4.79 Å². The zero-order valence-corrected chi connectivity index (χ0v) is 18.3. The van der Waals surface area contributed by atoms with Crippen molar-refractivity contribution in [1.29, 1.82) is 0 Å². The van der Waals surface area contributed by atoms with Gasteiger partial charge in [-0.05, 0) is 34.6 Å². The molecule has 1 aliphatic heterocycles. The van der Waals surface area contributed by atoms with E-state index in [2.05, 4.69) is 74.1 Å². The number of morpholine rings is 1. The number of aryl methyl sites for hydroxylation is 1. The third-order valence-electron chi connectivity index (χ3n) is 5.19. The van der Waals surface area contributed by atoms with Gasteiger partial charge in [-0.25, -0.2) is 4.98 Å². The minimum Gasteiger partial charge on any atom is -0.373 e. The van der Waals surface area contributed by atoms with Crippen molar-refractivity contribution in [3.05, 3.63) is 40.9 Å². The Morgan fingerprint density at radius 1 is 1.25 bits per heavy atom. The molecule has 0 unspecified atom stereocenters. The number of nitrogens with one attached hydrogen (secondary N) is 1. The second-order valence-electron chi connectivity index (χ2n) is 8.44. The van der Waals surface area contributed by atoms with Crippen molar-refractivity contribution in [1.82, 2.24) is 15.2 Å². The molecule has 0 bridgehead atoms. The van der Waals surface area contributed by atoms with Gasteiger partial charge in [0.1, 0.15) is 5.01 Å². The van der Waals surface area contributed by atoms with Gasteiger partial charge in [0.25, 0.3) is 0 Å². The predicted octanol–water partition coefficient (Wildman–Crippen LogP) is 3.67. The van der Waals surface area contributed by atoms with E-state index in [0.717, 1.165) is 29.4 Å². The van der Waals surface area contributed by atoms with Crippen LogP contribution in [0.1, 0.15) is 39.0 Å². The van der Waals surface area contributed by atoms with Crippen molar-refractivity contribution in [2.24, 2.45) is 0 Å². The molecule has 1 amide bonds. The van der Waals surface area contributed by atoms with Crippen LogP contribution in [0.25, 0.3) is 10.6 Å². The Balaban J connectivity index is 1.53. The molecular weight excluding hydrogens is 370 g/mol. The lowest BCUT2D eigenvalue weighted by atomic mass is 10.00. The number of thiazole rings is 1. The van der Waals surface area contributed by atoms with Crippen molar-refractivity contribution in [3.63, 3.8) is 0 Å². The Bertz CT molecular complexity index is 790. The molecule has 5 nitrogen and oxygen atoms in total. The first-order valence-electron chi connectivity index (χ1n) is 9.91. The smallest absolute Gasteiger partial charge is 0.226 e. The highest BCUT2D eigenvalue weighted by molar-refractivity contribution is 7.13. The van der Waals surface area contributed by atoms with Crippen LogP contribution in [0, 0.1) is 6.92 Å². The Kier molecular flexibility index (Phi) is 6.53. The molecule has 1 aromatic heterocycles. The first-order chi connectivity index (χ1) is 13.2. The molecule has 1 fully saturated rings. The topological polar surface area (TPSA) is 54.5 Å². The summed E-state index contributed by atoms with van der Waals surface area (Å²) in [5, 5.41) is 6.03. The van der Waals surface area contributed by atoms with Crippen LogP contribution in [0.15, 0.2) is 29.6 Å². The molecule has 0 saturated carbocycles. The van der Waals surface area contributed by atoms with Crippen LogP contribution in [-0.2, 0) is 16.0 Å². The van der Waals surface area contributed by atoms with Gasteiger partial charge in [-0.1, -0.05) is 29.8 Å². The molecular formula is C22H31N3O2S. The van der Waals surface area contributed by atoms with Gasteiger partial charge in [0, 0.05) is 36.1 Å². The van der Waals surface area contributed by atoms with Crippen LogP contribution in [0.3, 0.4) is 0 Å². The van der Waals surface area contributed by atoms with Crippen LogP contribution in [-0.4, -0.2) is 53.2 Å². The average molecular weight is 402 g/mol. The molecule has 3 rings (SSSR count). The highest BCUT2D eigenvalue weighted by Crippen LogP contribution is 2.24. The lowest BCUT2D eigenvalue weighted by molar-refractivity contribution is -0.122. The molecule has 0 radical (unpaired) electrons. The summed E-state index contributed by atoms with van der Waals surface area (Å²) in [5.41, 5.74) is 3.03. The number of carbonyl (C=O) groups excluding carboxylic acids is 1. The van der Waals surface area contributed by atoms with E-state index in [4.69, 9.17) is 4.74 Å². The standard InChI is InChI=1S/C22H31N3O2S/c1-15-6-8-18(9-7-15)21-24-19(13-28-21)10-20(26)23-14-22(4,5)25-11-16(2)27-17(3)12-25/h6-9,13,16-17H,10-12,14H2,1-5H3,(H,23,26)/t16-,17-/m1/s1. The lowest BCUT2D eigenvalue weighted by Gasteiger charge is -2.45. The lowest BCUT2D eigenvalue weighted by Crippen LogP contribution is -2.58. The first kappa shape index (κ1) is 21.0. The van der Waals surface area contributed by atoms with Crippen LogP contribution >= 0.6 is 11.3 Å². The molecule has 0 spiro atoms. The van der Waals surface area contributed by atoms with E-state index in [1.165, 1.54) is 5.56 Å². The fourth-order valence-corrected chi connectivity index (χ4v) is 4.37. The minimum absolute atomic E-state index is 0.0168. The molecule has 28 heavy (non-hydrogen) atoms. The number of aromatic nitrogens is 1. The third-order valence-corrected chi connectivity index (χ3v) is 6.13. The van der Waals surface area contributed by atoms with E-state index in [1.807, 2.05) is 5.38 Å². The molecule has 1 N–H and O–H groups in total. The zero-order valence-electron chi connectivity index (χ0n) is 17.5. The number of hydrogen-bond acceptors (Lipinski definition) is 5. The largest absolute Gasteiger partial charge is 0.373 e. The molecule has 0 aliphatic carbocycles. The van der Waals surface area contributed by atoms with E-state index < -0.39 is 0 Å². The third kappa shape index (κ3) is 5.40. The van der Waals surface area contributed by atoms with Crippen molar-refractivity contribution in [3.8, 4) is 10.6 Å². The van der Waals surface area contributed by atoms with Gasteiger partial charge in [-0.15, -0.1) is 11.3 Å². The summed E-state index contributed by atoms with van der Waals surface area (Å²) in [6.07, 6.45) is 0.747. The van der Waals surface area contributed by atoms with Gasteiger partial charge in [0.15, 0.2) is 0 Å². The SMILES string of the molecule is Cc1ccc(-c2nc(CC(=O)NCC(C)(C)N3C[C@@H](C)O[C@H](C)C3)cs2)cc1. The summed E-state index contributed by atoms with van der Waals surface area (Å²) in [7, 11) is 0. The number of benzene rings is 1. The summed E-state index contributed by atoms with van der Waals surface area (Å²) in [5.74, 6) is 0.0168. The number of hydrogen-bond donors (Lipinski definition) is 1. The van der Waals surface area contributed by atoms with E-state index in [-0.39, 0.29) is 23.7 Å². The molecule has 1 aromatic carbocycles. The molecule has 2 atom stereocenters. The average Bonchev–Trinajstić information content (AvgIpc) is 3.08. The minimum atomic E-state index is -0.114. The number of amides is 1. The summed E-state index contributed by atoms with van der Waals surface area (Å²) >= 11 is 1.58. The summed E-state index contributed by atoms with van der Waals surface area (Å²) in [6.45, 7) is 13.0. The monoisotopic (exact) mass is 401 g/mol. The maximum atomic E-state index is 12.5. The van der Waals surface area contributed by atoms with Crippen molar-refractivity contribution < 1.29 is 9.53 Å². The molecule has 2 heterocycles. The highest BCUT2D eigenvalue weighted by Gasteiger charge is 2.33. The second kappa shape index (κ2) is 8.72. The van der Waals surface area contributed by atoms with Crippen molar-refractivity contribution >= 4 is 17.2 Å². The second-order valence-corrected chi connectivity index (χ2v) is 9.30. The van der Waals surface area contributed by atoms with Gasteiger partial charge in [0.2, 0.25) is 5.91 Å². The van der Waals surface area contributed by atoms with Crippen LogP contribution in [0.5, 0.6) is 0 Å². The Hall–Kier alpha value is -1.76. The van der Waals surface area contributed by atoms with E-state index >= 15 is 0 Å². The molecule has 1 saturated heterocycles.